The van der Waals surface area contributed by atoms with Crippen LogP contribution in [0.3, 0.4) is 0 Å². The van der Waals surface area contributed by atoms with Crippen molar-refractivity contribution in [3.05, 3.63) is 33.8 Å². The van der Waals surface area contributed by atoms with E-state index in [4.69, 9.17) is 0 Å². The molecule has 1 amide bonds. The number of carbonyl (C=O) groups excluding carboxylic acids is 1. The molecule has 16 heavy (non-hydrogen) atoms. The number of halogens is 1. The number of hydrogen-bond acceptors (Lipinski definition) is 2. The number of fused-ring (bicyclic) bond motifs is 2. The summed E-state index contributed by atoms with van der Waals surface area (Å²) in [6.45, 7) is 2.65. The van der Waals surface area contributed by atoms with Crippen LogP contribution in [0.15, 0.2) is 22.7 Å². The van der Waals surface area contributed by atoms with Crippen molar-refractivity contribution in [2.45, 2.75) is 12.5 Å². The third-order valence-corrected chi connectivity index (χ3v) is 4.14. The number of nitrogens with zero attached hydrogens (tertiary/aromatic N) is 1. The van der Waals surface area contributed by atoms with E-state index in [1.54, 1.807) is 0 Å². The number of piperazine rings is 1. The fourth-order valence-corrected chi connectivity index (χ4v) is 3.10. The predicted octanol–water partition coefficient (Wildman–Crippen LogP) is 1.42. The first-order valence-electron chi connectivity index (χ1n) is 5.56. The second-order valence-electron chi connectivity index (χ2n) is 4.33. The Morgan fingerprint density at radius 3 is 3.19 bits per heavy atom. The van der Waals surface area contributed by atoms with Crippen LogP contribution in [0, 0.1) is 0 Å². The third-order valence-electron chi connectivity index (χ3n) is 3.40. The molecule has 3 rings (SSSR count). The highest BCUT2D eigenvalue weighted by atomic mass is 79.9. The van der Waals surface area contributed by atoms with Crippen LogP contribution in [0.1, 0.15) is 15.9 Å². The molecule has 1 N–H and O–H groups in total. The van der Waals surface area contributed by atoms with Gasteiger partial charge in [-0.05, 0) is 24.1 Å². The minimum Gasteiger partial charge on any atom is -0.333 e. The summed E-state index contributed by atoms with van der Waals surface area (Å²) in [5.41, 5.74) is 2.03. The minimum absolute atomic E-state index is 0.189. The van der Waals surface area contributed by atoms with E-state index in [1.165, 1.54) is 0 Å². The van der Waals surface area contributed by atoms with Gasteiger partial charge in [-0.3, -0.25) is 4.79 Å². The SMILES string of the molecule is O=C1c2cccc(Br)c2C[C@@H]2CNCCN12. The topological polar surface area (TPSA) is 32.3 Å². The maximum atomic E-state index is 12.3. The van der Waals surface area contributed by atoms with Crippen LogP contribution >= 0.6 is 15.9 Å². The molecule has 0 aliphatic carbocycles. The van der Waals surface area contributed by atoms with Crippen molar-refractivity contribution in [2.75, 3.05) is 19.6 Å². The van der Waals surface area contributed by atoms with E-state index in [1.807, 2.05) is 23.1 Å². The third kappa shape index (κ3) is 1.48. The minimum atomic E-state index is 0.189. The van der Waals surface area contributed by atoms with Crippen LogP contribution in [0.4, 0.5) is 0 Å². The Morgan fingerprint density at radius 1 is 1.44 bits per heavy atom. The van der Waals surface area contributed by atoms with Crippen molar-refractivity contribution < 1.29 is 4.79 Å². The molecule has 1 fully saturated rings. The molecule has 84 valence electrons. The Labute approximate surface area is 103 Å². The van der Waals surface area contributed by atoms with Gasteiger partial charge in [0.05, 0.1) is 0 Å². The van der Waals surface area contributed by atoms with Crippen molar-refractivity contribution in [2.24, 2.45) is 0 Å². The first kappa shape index (κ1) is 10.3. The van der Waals surface area contributed by atoms with Gasteiger partial charge in [-0.25, -0.2) is 0 Å². The van der Waals surface area contributed by atoms with Crippen LogP contribution in [-0.4, -0.2) is 36.5 Å². The highest BCUT2D eigenvalue weighted by Crippen LogP contribution is 2.29. The molecule has 2 heterocycles. The van der Waals surface area contributed by atoms with Gasteiger partial charge in [0, 0.05) is 35.7 Å². The normalized spacial score (nSPS) is 23.9. The fraction of sp³-hybridized carbons (Fsp3) is 0.417. The van der Waals surface area contributed by atoms with E-state index in [-0.39, 0.29) is 5.91 Å². The molecule has 0 saturated carbocycles. The van der Waals surface area contributed by atoms with Crippen molar-refractivity contribution in [3.8, 4) is 0 Å². The summed E-state index contributed by atoms with van der Waals surface area (Å²) >= 11 is 3.53. The van der Waals surface area contributed by atoms with E-state index >= 15 is 0 Å². The second-order valence-corrected chi connectivity index (χ2v) is 5.18. The molecule has 3 nitrogen and oxygen atoms in total. The zero-order chi connectivity index (χ0) is 11.1. The molecule has 1 aromatic rings. The van der Waals surface area contributed by atoms with E-state index in [0.29, 0.717) is 6.04 Å². The van der Waals surface area contributed by atoms with E-state index in [0.717, 1.165) is 41.7 Å². The first-order valence-corrected chi connectivity index (χ1v) is 6.36. The average molecular weight is 281 g/mol. The molecule has 0 spiro atoms. The Hall–Kier alpha value is -0.870. The molecule has 2 aliphatic heterocycles. The highest BCUT2D eigenvalue weighted by Gasteiger charge is 2.34. The lowest BCUT2D eigenvalue weighted by molar-refractivity contribution is 0.0606. The Kier molecular flexibility index (Phi) is 2.48. The summed E-state index contributed by atoms with van der Waals surface area (Å²) in [5.74, 6) is 0.189. The average Bonchev–Trinajstić information content (AvgIpc) is 2.31. The molecule has 0 radical (unpaired) electrons. The van der Waals surface area contributed by atoms with E-state index in [2.05, 4.69) is 21.2 Å². The molecule has 0 aromatic heterocycles. The molecule has 1 atom stereocenters. The molecule has 4 heteroatoms. The summed E-state index contributed by atoms with van der Waals surface area (Å²) in [4.78, 5) is 14.3. The summed E-state index contributed by atoms with van der Waals surface area (Å²) in [7, 11) is 0. The summed E-state index contributed by atoms with van der Waals surface area (Å²) < 4.78 is 1.06. The van der Waals surface area contributed by atoms with Gasteiger partial charge in [-0.15, -0.1) is 0 Å². The molecule has 0 unspecified atom stereocenters. The van der Waals surface area contributed by atoms with E-state index < -0.39 is 0 Å². The molecular formula is C12H13BrN2O. The van der Waals surface area contributed by atoms with Crippen LogP contribution in [-0.2, 0) is 6.42 Å². The summed E-state index contributed by atoms with van der Waals surface area (Å²) in [6, 6.07) is 6.20. The van der Waals surface area contributed by atoms with Gasteiger partial charge in [0.2, 0.25) is 0 Å². The maximum Gasteiger partial charge on any atom is 0.254 e. The zero-order valence-electron chi connectivity index (χ0n) is 8.87. The molecule has 1 saturated heterocycles. The van der Waals surface area contributed by atoms with Gasteiger partial charge in [0.15, 0.2) is 0 Å². The van der Waals surface area contributed by atoms with Gasteiger partial charge in [-0.2, -0.15) is 0 Å². The van der Waals surface area contributed by atoms with Crippen LogP contribution < -0.4 is 5.32 Å². The zero-order valence-corrected chi connectivity index (χ0v) is 10.5. The van der Waals surface area contributed by atoms with Crippen molar-refractivity contribution in [3.63, 3.8) is 0 Å². The monoisotopic (exact) mass is 280 g/mol. The smallest absolute Gasteiger partial charge is 0.254 e. The highest BCUT2D eigenvalue weighted by molar-refractivity contribution is 9.10. The van der Waals surface area contributed by atoms with Crippen LogP contribution in [0.5, 0.6) is 0 Å². The lowest BCUT2D eigenvalue weighted by atomic mass is 9.92. The largest absolute Gasteiger partial charge is 0.333 e. The summed E-state index contributed by atoms with van der Waals surface area (Å²) in [5, 5.41) is 3.35. The Balaban J connectivity index is 2.06. The number of hydrogen-bond donors (Lipinski definition) is 1. The second kappa shape index (κ2) is 3.86. The number of rotatable bonds is 0. The fourth-order valence-electron chi connectivity index (χ4n) is 2.57. The predicted molar refractivity (Wildman–Crippen MR) is 65.5 cm³/mol. The quantitative estimate of drug-likeness (QED) is 0.780. The lowest BCUT2D eigenvalue weighted by Crippen LogP contribution is -2.56. The number of carbonyl (C=O) groups is 1. The van der Waals surface area contributed by atoms with Gasteiger partial charge >= 0.3 is 0 Å². The van der Waals surface area contributed by atoms with Crippen molar-refractivity contribution in [1.29, 1.82) is 0 Å². The lowest BCUT2D eigenvalue weighted by Gasteiger charge is -2.40. The van der Waals surface area contributed by atoms with Gasteiger partial charge in [-0.1, -0.05) is 22.0 Å². The molecule has 2 aliphatic rings. The van der Waals surface area contributed by atoms with E-state index in [9.17, 15) is 4.79 Å². The summed E-state index contributed by atoms with van der Waals surface area (Å²) in [6.07, 6.45) is 0.954. The van der Waals surface area contributed by atoms with Gasteiger partial charge in [0.1, 0.15) is 0 Å². The first-order chi connectivity index (χ1) is 7.77. The van der Waals surface area contributed by atoms with Crippen molar-refractivity contribution >= 4 is 21.8 Å². The Bertz CT molecular complexity index is 447. The molecule has 0 bridgehead atoms. The molecular weight excluding hydrogens is 268 g/mol. The van der Waals surface area contributed by atoms with Gasteiger partial charge < -0.3 is 10.2 Å². The van der Waals surface area contributed by atoms with Gasteiger partial charge in [0.25, 0.3) is 5.91 Å². The van der Waals surface area contributed by atoms with Crippen LogP contribution in [0.25, 0.3) is 0 Å². The van der Waals surface area contributed by atoms with Crippen LogP contribution in [0.2, 0.25) is 0 Å². The Morgan fingerprint density at radius 2 is 2.31 bits per heavy atom. The number of benzene rings is 1. The maximum absolute atomic E-state index is 12.3. The number of nitrogens with one attached hydrogen (secondary N) is 1. The van der Waals surface area contributed by atoms with Crippen molar-refractivity contribution in [1.82, 2.24) is 10.2 Å². The number of amides is 1. The standard InChI is InChI=1S/C12H13BrN2O/c13-11-3-1-2-9-10(11)6-8-7-14-4-5-15(8)12(9)16/h1-3,8,14H,4-7H2/t8-/m1/s1. The molecule has 1 aromatic carbocycles.